The zero-order chi connectivity index (χ0) is 21.8. The third-order valence-corrected chi connectivity index (χ3v) is 4.92. The number of methoxy groups -OCH3 is 1. The van der Waals surface area contributed by atoms with Gasteiger partial charge in [0.05, 0.1) is 37.0 Å². The molecule has 0 saturated carbocycles. The molecule has 1 N–H and O–H groups in total. The van der Waals surface area contributed by atoms with Crippen molar-refractivity contribution >= 4 is 17.6 Å². The minimum absolute atomic E-state index is 0.00661. The zero-order valence-electron chi connectivity index (χ0n) is 17.4. The van der Waals surface area contributed by atoms with Gasteiger partial charge in [-0.05, 0) is 36.5 Å². The number of allylic oxidation sites excluding steroid dienone is 2. The number of carbonyl (C=O) groups excluding carboxylic acids is 1. The number of nitrogens with one attached hydrogen (secondary N) is 1. The number of hydrogen-bond acceptors (Lipinski definition) is 4. The van der Waals surface area contributed by atoms with E-state index < -0.39 is 17.7 Å². The second-order valence-electron chi connectivity index (χ2n) is 8.12. The Labute approximate surface area is 176 Å². The average molecular weight is 421 g/mol. The molecule has 156 valence electrons. The van der Waals surface area contributed by atoms with Gasteiger partial charge in [-0.3, -0.25) is 0 Å². The minimum atomic E-state index is -0.769. The SMILES string of the molecule is [C-]#[N+]C1=C(C)NC(COC)=C(C(=O)OCCC(C)(C)C)C1c1ccc(F)cc1Cl. The molecule has 1 aromatic carbocycles. The molecule has 5 nitrogen and oxygen atoms in total. The lowest BCUT2D eigenvalue weighted by molar-refractivity contribution is -0.140. The van der Waals surface area contributed by atoms with Crippen molar-refractivity contribution in [1.82, 2.24) is 5.32 Å². The summed E-state index contributed by atoms with van der Waals surface area (Å²) in [6.45, 7) is 15.9. The number of benzene rings is 1. The lowest BCUT2D eigenvalue weighted by Crippen LogP contribution is -2.31. The summed E-state index contributed by atoms with van der Waals surface area (Å²) < 4.78 is 24.4. The fourth-order valence-corrected chi connectivity index (χ4v) is 3.38. The Bertz CT molecular complexity index is 894. The number of ether oxygens (including phenoxy) is 2. The normalized spacial score (nSPS) is 17.1. The van der Waals surface area contributed by atoms with E-state index >= 15 is 0 Å². The molecule has 0 aromatic heterocycles. The van der Waals surface area contributed by atoms with Crippen LogP contribution in [0.4, 0.5) is 4.39 Å². The van der Waals surface area contributed by atoms with Gasteiger partial charge in [-0.2, -0.15) is 0 Å². The predicted octanol–water partition coefficient (Wildman–Crippen LogP) is 5.20. The molecule has 1 aromatic rings. The van der Waals surface area contributed by atoms with Crippen LogP contribution in [0.1, 0.15) is 45.6 Å². The highest BCUT2D eigenvalue weighted by Crippen LogP contribution is 2.42. The Morgan fingerprint density at radius 3 is 2.62 bits per heavy atom. The first-order valence-corrected chi connectivity index (χ1v) is 9.66. The van der Waals surface area contributed by atoms with Gasteiger partial charge in [0.1, 0.15) is 5.82 Å². The van der Waals surface area contributed by atoms with Crippen LogP contribution in [0.15, 0.2) is 40.9 Å². The molecular weight excluding hydrogens is 395 g/mol. The van der Waals surface area contributed by atoms with Crippen LogP contribution in [0.3, 0.4) is 0 Å². The molecule has 2 rings (SSSR count). The standard InChI is InChI=1S/C22H26ClFN2O3/c1-13-20(25-5)18(15-8-7-14(24)11-16(15)23)19(17(26-13)12-28-6)21(27)29-10-9-22(2,3)4/h7-8,11,18,26H,9-10,12H2,1-4,6H3. The molecule has 29 heavy (non-hydrogen) atoms. The summed E-state index contributed by atoms with van der Waals surface area (Å²) in [5, 5.41) is 3.23. The molecule has 7 heteroatoms. The molecule has 1 unspecified atom stereocenters. The Morgan fingerprint density at radius 2 is 2.07 bits per heavy atom. The fraction of sp³-hybridized carbons (Fsp3) is 0.455. The lowest BCUT2D eigenvalue weighted by atomic mass is 9.84. The molecule has 0 fully saturated rings. The van der Waals surface area contributed by atoms with Gasteiger partial charge in [-0.1, -0.05) is 38.4 Å². The van der Waals surface area contributed by atoms with Crippen molar-refractivity contribution in [2.24, 2.45) is 5.41 Å². The van der Waals surface area contributed by atoms with Gasteiger partial charge >= 0.3 is 5.97 Å². The monoisotopic (exact) mass is 420 g/mol. The van der Waals surface area contributed by atoms with Crippen molar-refractivity contribution in [2.75, 3.05) is 20.3 Å². The second-order valence-corrected chi connectivity index (χ2v) is 8.52. The quantitative estimate of drug-likeness (QED) is 0.508. The van der Waals surface area contributed by atoms with Crippen LogP contribution in [-0.2, 0) is 14.3 Å². The topological polar surface area (TPSA) is 51.9 Å². The number of carbonyl (C=O) groups is 1. The highest BCUT2D eigenvalue weighted by molar-refractivity contribution is 6.31. The lowest BCUT2D eigenvalue weighted by Gasteiger charge is -2.30. The molecule has 1 aliphatic heterocycles. The van der Waals surface area contributed by atoms with Crippen LogP contribution in [0, 0.1) is 17.8 Å². The van der Waals surface area contributed by atoms with Crippen LogP contribution < -0.4 is 5.32 Å². The van der Waals surface area contributed by atoms with Crippen molar-refractivity contribution < 1.29 is 18.7 Å². The van der Waals surface area contributed by atoms with E-state index in [1.807, 2.05) is 0 Å². The molecule has 0 radical (unpaired) electrons. The first-order chi connectivity index (χ1) is 13.6. The Kier molecular flexibility index (Phi) is 7.45. The first kappa shape index (κ1) is 22.9. The van der Waals surface area contributed by atoms with Gasteiger partial charge < -0.3 is 14.8 Å². The summed E-state index contributed by atoms with van der Waals surface area (Å²) in [6.07, 6.45) is 0.686. The summed E-state index contributed by atoms with van der Waals surface area (Å²) in [7, 11) is 1.51. The molecule has 1 heterocycles. The minimum Gasteiger partial charge on any atom is -0.462 e. The fourth-order valence-electron chi connectivity index (χ4n) is 3.10. The number of rotatable bonds is 6. The van der Waals surface area contributed by atoms with E-state index in [-0.39, 0.29) is 29.2 Å². The Balaban J connectivity index is 2.54. The van der Waals surface area contributed by atoms with Crippen LogP contribution in [0.2, 0.25) is 5.02 Å². The smallest absolute Gasteiger partial charge is 0.335 e. The van der Waals surface area contributed by atoms with Crippen LogP contribution >= 0.6 is 11.6 Å². The van der Waals surface area contributed by atoms with Crippen molar-refractivity contribution in [2.45, 2.75) is 40.0 Å². The molecule has 1 atom stereocenters. The van der Waals surface area contributed by atoms with E-state index in [2.05, 4.69) is 30.9 Å². The average Bonchev–Trinajstić information content (AvgIpc) is 2.60. The summed E-state index contributed by atoms with van der Waals surface area (Å²) in [6, 6.07) is 3.94. The first-order valence-electron chi connectivity index (χ1n) is 9.28. The Hall–Kier alpha value is -2.36. The zero-order valence-corrected chi connectivity index (χ0v) is 18.1. The third kappa shape index (κ3) is 5.59. The van der Waals surface area contributed by atoms with Gasteiger partial charge in [0.2, 0.25) is 0 Å². The molecule has 0 saturated heterocycles. The van der Waals surface area contributed by atoms with Gasteiger partial charge in [0.25, 0.3) is 0 Å². The highest BCUT2D eigenvalue weighted by Gasteiger charge is 2.37. The van der Waals surface area contributed by atoms with Gasteiger partial charge in [-0.15, -0.1) is 0 Å². The van der Waals surface area contributed by atoms with E-state index in [0.29, 0.717) is 29.1 Å². The van der Waals surface area contributed by atoms with Gasteiger partial charge in [0, 0.05) is 17.8 Å². The van der Waals surface area contributed by atoms with E-state index in [0.717, 1.165) is 0 Å². The van der Waals surface area contributed by atoms with Gasteiger partial charge in [-0.25, -0.2) is 14.0 Å². The van der Waals surface area contributed by atoms with E-state index in [4.69, 9.17) is 27.6 Å². The number of halogens is 2. The van der Waals surface area contributed by atoms with Gasteiger partial charge in [0.15, 0.2) is 5.70 Å². The van der Waals surface area contributed by atoms with Crippen molar-refractivity contribution in [3.63, 3.8) is 0 Å². The Morgan fingerprint density at radius 1 is 1.38 bits per heavy atom. The maximum atomic E-state index is 13.6. The third-order valence-electron chi connectivity index (χ3n) is 4.60. The van der Waals surface area contributed by atoms with Crippen molar-refractivity contribution in [3.8, 4) is 0 Å². The molecule has 0 bridgehead atoms. The summed E-state index contributed by atoms with van der Waals surface area (Å²) in [5.74, 6) is -1.81. The van der Waals surface area contributed by atoms with Crippen molar-refractivity contribution in [3.05, 3.63) is 68.7 Å². The predicted molar refractivity (Wildman–Crippen MR) is 111 cm³/mol. The van der Waals surface area contributed by atoms with Crippen LogP contribution in [0.25, 0.3) is 4.85 Å². The summed E-state index contributed by atoms with van der Waals surface area (Å²) in [4.78, 5) is 16.7. The number of dihydropyridines is 1. The molecular formula is C22H26ClFN2O3. The largest absolute Gasteiger partial charge is 0.462 e. The van der Waals surface area contributed by atoms with E-state index in [1.165, 1.54) is 25.3 Å². The molecule has 0 amide bonds. The van der Waals surface area contributed by atoms with E-state index in [1.54, 1.807) is 6.92 Å². The summed E-state index contributed by atoms with van der Waals surface area (Å²) >= 11 is 6.30. The molecule has 1 aliphatic rings. The van der Waals surface area contributed by atoms with E-state index in [9.17, 15) is 9.18 Å². The number of nitrogens with zero attached hydrogens (tertiary/aromatic N) is 1. The highest BCUT2D eigenvalue weighted by atomic mass is 35.5. The van der Waals surface area contributed by atoms with Crippen LogP contribution in [0.5, 0.6) is 0 Å². The van der Waals surface area contributed by atoms with Crippen molar-refractivity contribution in [1.29, 1.82) is 0 Å². The second kappa shape index (κ2) is 9.43. The molecule has 0 aliphatic carbocycles. The number of hydrogen-bond donors (Lipinski definition) is 1. The molecule has 0 spiro atoms. The maximum Gasteiger partial charge on any atom is 0.335 e. The van der Waals surface area contributed by atoms with Crippen LogP contribution in [-0.4, -0.2) is 26.3 Å². The maximum absolute atomic E-state index is 13.6. The number of esters is 1. The summed E-state index contributed by atoms with van der Waals surface area (Å²) in [5.41, 5.74) is 2.13.